The Morgan fingerprint density at radius 3 is 2.07 bits per heavy atom. The van der Waals surface area contributed by atoms with Crippen molar-refractivity contribution < 1.29 is 9.53 Å². The quantitative estimate of drug-likeness (QED) is 0.519. The van der Waals surface area contributed by atoms with Crippen LogP contribution in [0.15, 0.2) is 0 Å². The van der Waals surface area contributed by atoms with E-state index < -0.39 is 0 Å². The Morgan fingerprint density at radius 1 is 1.21 bits per heavy atom. The highest BCUT2D eigenvalue weighted by Crippen LogP contribution is 2.56. The van der Waals surface area contributed by atoms with Gasteiger partial charge in [0.1, 0.15) is 0 Å². The van der Waals surface area contributed by atoms with Gasteiger partial charge >= 0.3 is 5.97 Å². The summed E-state index contributed by atoms with van der Waals surface area (Å²) < 4.78 is 4.90. The second-order valence-electron chi connectivity index (χ2n) is 4.75. The number of hydrogen-bond donors (Lipinski definition) is 0. The number of methoxy groups -OCH3 is 1. The van der Waals surface area contributed by atoms with Gasteiger partial charge < -0.3 is 4.74 Å². The Labute approximate surface area is 90.0 Å². The van der Waals surface area contributed by atoms with Gasteiger partial charge in [-0.1, -0.05) is 12.2 Å². The van der Waals surface area contributed by atoms with Crippen molar-refractivity contribution in [2.45, 2.75) is 38.5 Å². The molecule has 0 aliphatic heterocycles. The van der Waals surface area contributed by atoms with E-state index in [1.807, 2.05) is 5.37 Å². The number of ether oxygens (including phenoxy) is 1. The summed E-state index contributed by atoms with van der Waals surface area (Å²) in [4.78, 5) is 11.7. The lowest BCUT2D eigenvalue weighted by Gasteiger charge is -2.50. The zero-order valence-electron chi connectivity index (χ0n) is 8.54. The molecule has 0 N–H and O–H groups in total. The molecule has 0 atom stereocenters. The van der Waals surface area contributed by atoms with Crippen LogP contribution < -0.4 is 0 Å². The van der Waals surface area contributed by atoms with Crippen LogP contribution in [0.1, 0.15) is 38.5 Å². The summed E-state index contributed by atoms with van der Waals surface area (Å²) in [5, 5.41) is 1.94. The molecule has 2 nitrogen and oxygen atoms in total. The van der Waals surface area contributed by atoms with Gasteiger partial charge in [-0.05, 0) is 49.3 Å². The first kappa shape index (κ1) is 10.1. The molecular weight excluding hydrogens is 196 g/mol. The molecule has 0 saturated heterocycles. The molecule has 3 rings (SSSR count). The van der Waals surface area contributed by atoms with Gasteiger partial charge in [-0.2, -0.15) is 0 Å². The SMILES string of the molecule is COC(=O)C12CCC(C=S)(CC1)CC2. The van der Waals surface area contributed by atoms with Crippen molar-refractivity contribution in [3.8, 4) is 0 Å². The molecule has 14 heavy (non-hydrogen) atoms. The van der Waals surface area contributed by atoms with Crippen LogP contribution in [0.5, 0.6) is 0 Å². The molecule has 78 valence electrons. The fraction of sp³-hybridized carbons (Fsp3) is 0.818. The van der Waals surface area contributed by atoms with Crippen molar-refractivity contribution in [1.29, 1.82) is 0 Å². The topological polar surface area (TPSA) is 26.3 Å². The zero-order valence-corrected chi connectivity index (χ0v) is 9.36. The molecule has 0 spiro atoms. The van der Waals surface area contributed by atoms with Crippen molar-refractivity contribution >= 4 is 23.6 Å². The van der Waals surface area contributed by atoms with Gasteiger partial charge in [0.2, 0.25) is 0 Å². The highest BCUT2D eigenvalue weighted by molar-refractivity contribution is 7.79. The average Bonchev–Trinajstić information content (AvgIpc) is 2.30. The average molecular weight is 212 g/mol. The molecule has 3 aliphatic rings. The minimum absolute atomic E-state index is 0.00447. The second kappa shape index (κ2) is 3.30. The Bertz CT molecular complexity index is 248. The fourth-order valence-electron chi connectivity index (χ4n) is 2.91. The van der Waals surface area contributed by atoms with E-state index in [-0.39, 0.29) is 16.8 Å². The lowest BCUT2D eigenvalue weighted by molar-refractivity contribution is -0.160. The standard InChI is InChI=1S/C11H16O2S/c1-13-9(12)11-5-2-10(8-14,3-6-11)4-7-11/h8H,2-7H2,1H3. The van der Waals surface area contributed by atoms with Crippen LogP contribution in [0, 0.1) is 10.8 Å². The first-order valence-electron chi connectivity index (χ1n) is 5.21. The molecule has 3 heteroatoms. The zero-order chi connectivity index (χ0) is 10.2. The number of carbonyl (C=O) groups is 1. The molecule has 0 aromatic heterocycles. The summed E-state index contributed by atoms with van der Waals surface area (Å²) in [6.45, 7) is 0. The third kappa shape index (κ3) is 1.29. The summed E-state index contributed by atoms with van der Waals surface area (Å²) in [5.41, 5.74) is 0.111. The maximum absolute atomic E-state index is 11.7. The summed E-state index contributed by atoms with van der Waals surface area (Å²) in [6, 6.07) is 0. The number of thiocarbonyl (C=S) groups is 1. The smallest absolute Gasteiger partial charge is 0.311 e. The van der Waals surface area contributed by atoms with Crippen molar-refractivity contribution in [2.75, 3.05) is 7.11 Å². The molecule has 3 fully saturated rings. The normalized spacial score (nSPS) is 40.6. The largest absolute Gasteiger partial charge is 0.469 e. The molecular formula is C11H16O2S. The molecule has 3 aliphatic carbocycles. The van der Waals surface area contributed by atoms with Crippen molar-refractivity contribution in [1.82, 2.24) is 0 Å². The molecule has 0 unspecified atom stereocenters. The van der Waals surface area contributed by atoms with Crippen LogP contribution >= 0.6 is 12.2 Å². The van der Waals surface area contributed by atoms with Gasteiger partial charge in [0.25, 0.3) is 0 Å². The third-order valence-corrected chi connectivity index (χ3v) is 4.67. The predicted molar refractivity (Wildman–Crippen MR) is 58.2 cm³/mol. The van der Waals surface area contributed by atoms with E-state index in [0.717, 1.165) is 38.5 Å². The van der Waals surface area contributed by atoms with Crippen LogP contribution in [0.4, 0.5) is 0 Å². The summed E-state index contributed by atoms with van der Waals surface area (Å²) in [5.74, 6) is -0.00447. The van der Waals surface area contributed by atoms with Crippen LogP contribution in [0.25, 0.3) is 0 Å². The van der Waals surface area contributed by atoms with Crippen molar-refractivity contribution in [2.24, 2.45) is 10.8 Å². The highest BCUT2D eigenvalue weighted by Gasteiger charge is 2.52. The highest BCUT2D eigenvalue weighted by atomic mass is 32.1. The summed E-state index contributed by atoms with van der Waals surface area (Å²) in [6.07, 6.45) is 6.12. The maximum Gasteiger partial charge on any atom is 0.311 e. The van der Waals surface area contributed by atoms with Gasteiger partial charge in [0.05, 0.1) is 12.5 Å². The fourth-order valence-corrected chi connectivity index (χ4v) is 3.27. The van der Waals surface area contributed by atoms with Gasteiger partial charge in [-0.15, -0.1) is 0 Å². The van der Waals surface area contributed by atoms with E-state index in [0.29, 0.717) is 0 Å². The van der Waals surface area contributed by atoms with Crippen molar-refractivity contribution in [3.63, 3.8) is 0 Å². The Kier molecular flexibility index (Phi) is 2.38. The van der Waals surface area contributed by atoms with E-state index in [1.54, 1.807) is 0 Å². The number of hydrogen-bond acceptors (Lipinski definition) is 3. The first-order valence-corrected chi connectivity index (χ1v) is 5.68. The van der Waals surface area contributed by atoms with Crippen molar-refractivity contribution in [3.05, 3.63) is 0 Å². The lowest BCUT2D eigenvalue weighted by atomic mass is 9.54. The number of fused-ring (bicyclic) bond motifs is 3. The number of carbonyl (C=O) groups excluding carboxylic acids is 1. The van der Waals surface area contributed by atoms with Crippen LogP contribution in [0.2, 0.25) is 0 Å². The van der Waals surface area contributed by atoms with Gasteiger partial charge in [-0.3, -0.25) is 4.79 Å². The van der Waals surface area contributed by atoms with Gasteiger partial charge in [0, 0.05) is 0 Å². The monoisotopic (exact) mass is 212 g/mol. The molecule has 2 bridgehead atoms. The van der Waals surface area contributed by atoms with Crippen LogP contribution in [0.3, 0.4) is 0 Å². The molecule has 0 heterocycles. The summed E-state index contributed by atoms with van der Waals surface area (Å²) in [7, 11) is 1.49. The molecule has 0 amide bonds. The van der Waals surface area contributed by atoms with Crippen LogP contribution in [-0.2, 0) is 9.53 Å². The first-order chi connectivity index (χ1) is 6.66. The molecule has 0 aromatic rings. The minimum atomic E-state index is -0.158. The van der Waals surface area contributed by atoms with Gasteiger partial charge in [0.15, 0.2) is 0 Å². The van der Waals surface area contributed by atoms with Gasteiger partial charge in [-0.25, -0.2) is 0 Å². The van der Waals surface area contributed by atoms with Crippen LogP contribution in [-0.4, -0.2) is 18.4 Å². The molecule has 0 aromatic carbocycles. The maximum atomic E-state index is 11.7. The van der Waals surface area contributed by atoms with E-state index in [9.17, 15) is 4.79 Å². The Morgan fingerprint density at radius 2 is 1.71 bits per heavy atom. The van der Waals surface area contributed by atoms with E-state index in [4.69, 9.17) is 17.0 Å². The third-order valence-electron chi connectivity index (χ3n) is 4.17. The lowest BCUT2D eigenvalue weighted by Crippen LogP contribution is -2.46. The summed E-state index contributed by atoms with van der Waals surface area (Å²) >= 11 is 5.10. The molecule has 0 radical (unpaired) electrons. The van der Waals surface area contributed by atoms with E-state index in [1.165, 1.54) is 7.11 Å². The molecule has 3 saturated carbocycles. The number of rotatable bonds is 2. The second-order valence-corrected chi connectivity index (χ2v) is 4.99. The Balaban J connectivity index is 2.16. The minimum Gasteiger partial charge on any atom is -0.469 e. The van der Waals surface area contributed by atoms with E-state index in [2.05, 4.69) is 0 Å². The predicted octanol–water partition coefficient (Wildman–Crippen LogP) is 2.50. The van der Waals surface area contributed by atoms with E-state index >= 15 is 0 Å². The number of esters is 1. The Hall–Kier alpha value is -0.440.